The van der Waals surface area contributed by atoms with Crippen molar-refractivity contribution in [3.8, 4) is 0 Å². The van der Waals surface area contributed by atoms with Gasteiger partial charge in [0.25, 0.3) is 0 Å². The van der Waals surface area contributed by atoms with E-state index in [0.29, 0.717) is 17.9 Å². The molecule has 0 radical (unpaired) electrons. The average Bonchev–Trinajstić information content (AvgIpc) is 3.13. The number of halogens is 5. The molecule has 1 amide bonds. The fraction of sp³-hybridized carbons (Fsp3) is 0.286. The highest BCUT2D eigenvalue weighted by Crippen LogP contribution is 2.29. The summed E-state index contributed by atoms with van der Waals surface area (Å²) in [6.45, 7) is 0.743. The molecule has 1 fully saturated rings. The number of fused-ring (bicyclic) bond motifs is 1. The number of amides is 1. The predicted molar refractivity (Wildman–Crippen MR) is 113 cm³/mol. The summed E-state index contributed by atoms with van der Waals surface area (Å²) in [6, 6.07) is 10.1. The molecule has 4 rings (SSSR count). The lowest BCUT2D eigenvalue weighted by Crippen LogP contribution is -2.52. The first-order chi connectivity index (χ1) is 15.2. The Labute approximate surface area is 191 Å². The monoisotopic (exact) mass is 484 g/mol. The molecule has 1 saturated heterocycles. The van der Waals surface area contributed by atoms with Gasteiger partial charge in [0.05, 0.1) is 22.1 Å². The molecule has 0 spiro atoms. The van der Waals surface area contributed by atoms with Crippen molar-refractivity contribution >= 4 is 40.4 Å². The van der Waals surface area contributed by atoms with Crippen LogP contribution in [0.5, 0.6) is 0 Å². The predicted octanol–water partition coefficient (Wildman–Crippen LogP) is 4.08. The second kappa shape index (κ2) is 8.73. The van der Waals surface area contributed by atoms with Crippen LogP contribution in [0.1, 0.15) is 21.9 Å². The normalized spacial score (nSPS) is 15.3. The first-order valence-electron chi connectivity index (χ1n) is 9.70. The minimum atomic E-state index is -4.88. The first-order valence-corrected chi connectivity index (χ1v) is 10.5. The van der Waals surface area contributed by atoms with Crippen molar-refractivity contribution in [2.24, 2.45) is 0 Å². The van der Waals surface area contributed by atoms with Gasteiger partial charge < -0.3 is 9.30 Å². The number of rotatable bonds is 4. The molecule has 2 aromatic heterocycles. The third kappa shape index (κ3) is 4.32. The molecular weight excluding hydrogens is 468 g/mol. The zero-order valence-corrected chi connectivity index (χ0v) is 18.1. The van der Waals surface area contributed by atoms with Gasteiger partial charge in [-0.2, -0.15) is 13.2 Å². The number of nitrogens with zero attached hydrogens (tertiary/aromatic N) is 4. The third-order valence-electron chi connectivity index (χ3n) is 5.30. The molecule has 3 heterocycles. The van der Waals surface area contributed by atoms with E-state index in [1.54, 1.807) is 47.0 Å². The van der Waals surface area contributed by atoms with Gasteiger partial charge >= 0.3 is 12.1 Å². The highest BCUT2D eigenvalue weighted by molar-refractivity contribution is 6.44. The summed E-state index contributed by atoms with van der Waals surface area (Å²) in [5, 5.41) is 0.399. The lowest BCUT2D eigenvalue weighted by atomic mass is 10.1. The average molecular weight is 485 g/mol. The van der Waals surface area contributed by atoms with E-state index >= 15 is 0 Å². The second-order valence-corrected chi connectivity index (χ2v) is 8.11. The van der Waals surface area contributed by atoms with E-state index < -0.39 is 12.1 Å². The van der Waals surface area contributed by atoms with Gasteiger partial charge in [0, 0.05) is 37.9 Å². The smallest absolute Gasteiger partial charge is 0.332 e. The Balaban J connectivity index is 1.57. The Bertz CT molecular complexity index is 1190. The molecule has 6 nitrogen and oxygen atoms in total. The number of imidazole rings is 1. The standard InChI is InChI=1S/C21H17Cl2F3N4O2/c22-14-5-3-4-13(17(14)23)19(31)18-15-6-1-2-7-30(15)16(27-18)12-28-8-10-29(11-9-28)20(32)21(24,25)26/h1-7H,8-12H2. The lowest BCUT2D eigenvalue weighted by molar-refractivity contribution is -0.187. The minimum absolute atomic E-state index is 0.0361. The molecule has 11 heteroatoms. The maximum Gasteiger partial charge on any atom is 0.471 e. The number of pyridine rings is 1. The summed E-state index contributed by atoms with van der Waals surface area (Å²) in [7, 11) is 0. The summed E-state index contributed by atoms with van der Waals surface area (Å²) >= 11 is 12.3. The van der Waals surface area contributed by atoms with E-state index in [-0.39, 0.29) is 53.3 Å². The number of hydrogen-bond acceptors (Lipinski definition) is 4. The van der Waals surface area contributed by atoms with Crippen molar-refractivity contribution < 1.29 is 22.8 Å². The fourth-order valence-corrected chi connectivity index (χ4v) is 4.06. The van der Waals surface area contributed by atoms with Crippen LogP contribution in [-0.4, -0.2) is 63.2 Å². The number of piperazine rings is 1. The topological polar surface area (TPSA) is 57.9 Å². The van der Waals surface area contributed by atoms with Crippen LogP contribution < -0.4 is 0 Å². The Morgan fingerprint density at radius 3 is 2.41 bits per heavy atom. The van der Waals surface area contributed by atoms with Crippen LogP contribution in [0.4, 0.5) is 13.2 Å². The van der Waals surface area contributed by atoms with Gasteiger partial charge in [-0.1, -0.05) is 35.3 Å². The lowest BCUT2D eigenvalue weighted by Gasteiger charge is -2.34. The maximum atomic E-state index is 13.2. The van der Waals surface area contributed by atoms with E-state index in [0.717, 1.165) is 4.90 Å². The minimum Gasteiger partial charge on any atom is -0.332 e. The molecule has 0 N–H and O–H groups in total. The number of alkyl halides is 3. The largest absolute Gasteiger partial charge is 0.471 e. The van der Waals surface area contributed by atoms with Gasteiger partial charge in [0.2, 0.25) is 5.78 Å². The maximum absolute atomic E-state index is 13.2. The number of benzene rings is 1. The van der Waals surface area contributed by atoms with Crippen LogP contribution in [0.15, 0.2) is 42.6 Å². The molecule has 3 aromatic rings. The summed E-state index contributed by atoms with van der Waals surface area (Å²) in [5.74, 6) is -1.65. The van der Waals surface area contributed by atoms with Crippen molar-refractivity contribution in [2.45, 2.75) is 12.7 Å². The highest BCUT2D eigenvalue weighted by atomic mass is 35.5. The number of hydrogen-bond donors (Lipinski definition) is 0. The molecule has 168 valence electrons. The molecule has 1 aliphatic heterocycles. The second-order valence-electron chi connectivity index (χ2n) is 7.33. The number of carbonyl (C=O) groups excluding carboxylic acids is 2. The van der Waals surface area contributed by atoms with E-state index in [1.165, 1.54) is 0 Å². The molecule has 0 aliphatic carbocycles. The Kier molecular flexibility index (Phi) is 6.15. The highest BCUT2D eigenvalue weighted by Gasteiger charge is 2.43. The van der Waals surface area contributed by atoms with Gasteiger partial charge in [-0.05, 0) is 24.3 Å². The SMILES string of the molecule is O=C(c1cccc(Cl)c1Cl)c1nc(CN2CCN(C(=O)C(F)(F)F)CC2)n2ccccc12. The molecule has 0 atom stereocenters. The Hall–Kier alpha value is -2.62. The van der Waals surface area contributed by atoms with Crippen LogP contribution in [-0.2, 0) is 11.3 Å². The van der Waals surface area contributed by atoms with Crippen molar-refractivity contribution in [3.63, 3.8) is 0 Å². The quantitative estimate of drug-likeness (QED) is 0.523. The van der Waals surface area contributed by atoms with E-state index in [9.17, 15) is 22.8 Å². The molecular formula is C21H17Cl2F3N4O2. The van der Waals surface area contributed by atoms with Crippen LogP contribution in [0, 0.1) is 0 Å². The van der Waals surface area contributed by atoms with E-state index in [2.05, 4.69) is 4.98 Å². The third-order valence-corrected chi connectivity index (χ3v) is 6.12. The molecule has 1 aliphatic rings. The van der Waals surface area contributed by atoms with Gasteiger partial charge in [0.1, 0.15) is 11.5 Å². The van der Waals surface area contributed by atoms with Gasteiger partial charge in [0.15, 0.2) is 0 Å². The Morgan fingerprint density at radius 1 is 1.00 bits per heavy atom. The number of aromatic nitrogens is 2. The molecule has 0 bridgehead atoms. The van der Waals surface area contributed by atoms with E-state index in [1.807, 2.05) is 4.90 Å². The summed E-state index contributed by atoms with van der Waals surface area (Å²) in [4.78, 5) is 31.8. The molecule has 0 unspecified atom stereocenters. The fourth-order valence-electron chi connectivity index (χ4n) is 3.68. The van der Waals surface area contributed by atoms with Gasteiger partial charge in [-0.3, -0.25) is 14.5 Å². The summed E-state index contributed by atoms with van der Waals surface area (Å²) in [6.07, 6.45) is -3.12. The van der Waals surface area contributed by atoms with Crippen molar-refractivity contribution in [1.29, 1.82) is 0 Å². The van der Waals surface area contributed by atoms with Crippen LogP contribution in [0.2, 0.25) is 10.0 Å². The molecule has 1 aromatic carbocycles. The summed E-state index contributed by atoms with van der Waals surface area (Å²) < 4.78 is 39.7. The zero-order valence-electron chi connectivity index (χ0n) is 16.6. The van der Waals surface area contributed by atoms with Crippen LogP contribution in [0.25, 0.3) is 5.52 Å². The van der Waals surface area contributed by atoms with Crippen LogP contribution in [0.3, 0.4) is 0 Å². The molecule has 32 heavy (non-hydrogen) atoms. The van der Waals surface area contributed by atoms with Crippen molar-refractivity contribution in [2.75, 3.05) is 26.2 Å². The number of ketones is 1. The van der Waals surface area contributed by atoms with Gasteiger partial charge in [-0.25, -0.2) is 4.98 Å². The first kappa shape index (κ1) is 22.6. The van der Waals surface area contributed by atoms with Gasteiger partial charge in [-0.15, -0.1) is 0 Å². The number of carbonyl (C=O) groups is 2. The molecule has 0 saturated carbocycles. The van der Waals surface area contributed by atoms with E-state index in [4.69, 9.17) is 23.2 Å². The van der Waals surface area contributed by atoms with Crippen molar-refractivity contribution in [3.05, 3.63) is 69.7 Å². The zero-order chi connectivity index (χ0) is 23.0. The van der Waals surface area contributed by atoms with Crippen LogP contribution >= 0.6 is 23.2 Å². The Morgan fingerprint density at radius 2 is 1.72 bits per heavy atom. The van der Waals surface area contributed by atoms with Crippen molar-refractivity contribution in [1.82, 2.24) is 19.2 Å². The summed E-state index contributed by atoms with van der Waals surface area (Å²) in [5.41, 5.74) is 1.01.